The molecule has 16 heavy (non-hydrogen) atoms. The number of carboxylic acids is 1. The largest absolute Gasteiger partial charge is 0.481 e. The molecule has 1 aliphatic rings. The van der Waals surface area contributed by atoms with Crippen LogP contribution in [0.2, 0.25) is 0 Å². The van der Waals surface area contributed by atoms with Gasteiger partial charge in [-0.2, -0.15) is 4.37 Å². The third-order valence-corrected chi connectivity index (χ3v) is 4.14. The first-order valence-electron chi connectivity index (χ1n) is 5.36. The fourth-order valence-electron chi connectivity index (χ4n) is 2.06. The minimum Gasteiger partial charge on any atom is -0.481 e. The van der Waals surface area contributed by atoms with Gasteiger partial charge in [-0.25, -0.2) is 4.98 Å². The highest BCUT2D eigenvalue weighted by Crippen LogP contribution is 2.36. The number of hydrogen-bond donors (Lipinski definition) is 1. The summed E-state index contributed by atoms with van der Waals surface area (Å²) < 4.78 is 4.12. The molecule has 5 nitrogen and oxygen atoms in total. The molecule has 1 aromatic heterocycles. The van der Waals surface area contributed by atoms with Gasteiger partial charge in [0.15, 0.2) is 0 Å². The van der Waals surface area contributed by atoms with Gasteiger partial charge in [0.05, 0.1) is 5.41 Å². The Bertz CT molecular complexity index is 407. The Hall–Kier alpha value is -1.17. The SMILES string of the molecule is CCC1(C(=O)O)CCN(c2nc(C)ns2)C1. The second kappa shape index (κ2) is 4.01. The molecule has 0 spiro atoms. The minimum absolute atomic E-state index is 0.549. The van der Waals surface area contributed by atoms with E-state index in [-0.39, 0.29) is 0 Å². The second-order valence-corrected chi connectivity index (χ2v) is 4.97. The average Bonchev–Trinajstić information content (AvgIpc) is 2.84. The number of aryl methyl sites for hydroxylation is 1. The molecule has 0 saturated carbocycles. The summed E-state index contributed by atoms with van der Waals surface area (Å²) in [4.78, 5) is 17.6. The third-order valence-electron chi connectivity index (χ3n) is 3.27. The van der Waals surface area contributed by atoms with Crippen molar-refractivity contribution in [2.75, 3.05) is 18.0 Å². The third kappa shape index (κ3) is 1.77. The smallest absolute Gasteiger partial charge is 0.311 e. The predicted octanol–water partition coefficient (Wildman–Crippen LogP) is 1.54. The summed E-state index contributed by atoms with van der Waals surface area (Å²) >= 11 is 1.34. The molecule has 1 saturated heterocycles. The molecule has 1 fully saturated rings. The fraction of sp³-hybridized carbons (Fsp3) is 0.700. The van der Waals surface area contributed by atoms with Crippen LogP contribution < -0.4 is 4.90 Å². The maximum absolute atomic E-state index is 11.3. The Balaban J connectivity index is 2.16. The van der Waals surface area contributed by atoms with Gasteiger partial charge in [0.1, 0.15) is 5.82 Å². The van der Waals surface area contributed by atoms with Gasteiger partial charge in [-0.3, -0.25) is 4.79 Å². The molecule has 0 aromatic carbocycles. The Labute approximate surface area is 98.3 Å². The molecule has 6 heteroatoms. The molecule has 1 N–H and O–H groups in total. The number of aromatic nitrogens is 2. The Morgan fingerprint density at radius 3 is 2.88 bits per heavy atom. The fourth-order valence-corrected chi connectivity index (χ4v) is 2.76. The van der Waals surface area contributed by atoms with Gasteiger partial charge in [0.25, 0.3) is 0 Å². The second-order valence-electron chi connectivity index (χ2n) is 4.23. The van der Waals surface area contributed by atoms with Crippen molar-refractivity contribution in [3.63, 3.8) is 0 Å². The number of carboxylic acid groups (broad SMARTS) is 1. The van der Waals surface area contributed by atoms with Crippen LogP contribution in [0.15, 0.2) is 0 Å². The van der Waals surface area contributed by atoms with Crippen molar-refractivity contribution in [1.29, 1.82) is 0 Å². The summed E-state index contributed by atoms with van der Waals surface area (Å²) in [5.74, 6) is 0.0584. The summed E-state index contributed by atoms with van der Waals surface area (Å²) in [6.07, 6.45) is 1.36. The maximum atomic E-state index is 11.3. The van der Waals surface area contributed by atoms with Crippen LogP contribution in [0.5, 0.6) is 0 Å². The van der Waals surface area contributed by atoms with Crippen LogP contribution in [0.3, 0.4) is 0 Å². The summed E-state index contributed by atoms with van der Waals surface area (Å²) in [6, 6.07) is 0. The number of carbonyl (C=O) groups is 1. The van der Waals surface area contributed by atoms with E-state index in [2.05, 4.69) is 9.36 Å². The van der Waals surface area contributed by atoms with E-state index in [4.69, 9.17) is 0 Å². The van der Waals surface area contributed by atoms with Crippen LogP contribution in [0.4, 0.5) is 5.13 Å². The minimum atomic E-state index is -0.696. The number of anilines is 1. The number of hydrogen-bond acceptors (Lipinski definition) is 5. The molecule has 0 bridgehead atoms. The highest BCUT2D eigenvalue weighted by atomic mass is 32.1. The van der Waals surface area contributed by atoms with Gasteiger partial charge in [-0.15, -0.1) is 0 Å². The van der Waals surface area contributed by atoms with Crippen LogP contribution in [0, 0.1) is 12.3 Å². The lowest BCUT2D eigenvalue weighted by Crippen LogP contribution is -2.34. The van der Waals surface area contributed by atoms with E-state index in [0.29, 0.717) is 19.4 Å². The molecule has 1 aliphatic heterocycles. The highest BCUT2D eigenvalue weighted by molar-refractivity contribution is 7.09. The van der Waals surface area contributed by atoms with E-state index >= 15 is 0 Å². The molecule has 1 atom stereocenters. The van der Waals surface area contributed by atoms with Gasteiger partial charge in [-0.05, 0) is 19.8 Å². The van der Waals surface area contributed by atoms with Gasteiger partial charge >= 0.3 is 5.97 Å². The van der Waals surface area contributed by atoms with Crippen LogP contribution >= 0.6 is 11.5 Å². The highest BCUT2D eigenvalue weighted by Gasteiger charge is 2.44. The van der Waals surface area contributed by atoms with E-state index in [1.165, 1.54) is 11.5 Å². The van der Waals surface area contributed by atoms with E-state index in [0.717, 1.165) is 17.5 Å². The summed E-state index contributed by atoms with van der Waals surface area (Å²) in [5, 5.41) is 10.1. The van der Waals surface area contributed by atoms with Gasteiger partial charge < -0.3 is 10.0 Å². The van der Waals surface area contributed by atoms with Crippen LogP contribution in [0.1, 0.15) is 25.6 Å². The number of aliphatic carboxylic acids is 1. The normalized spacial score (nSPS) is 25.0. The summed E-state index contributed by atoms with van der Waals surface area (Å²) in [7, 11) is 0. The lowest BCUT2D eigenvalue weighted by atomic mass is 9.84. The Morgan fingerprint density at radius 1 is 1.69 bits per heavy atom. The van der Waals surface area contributed by atoms with E-state index in [9.17, 15) is 9.90 Å². The van der Waals surface area contributed by atoms with Crippen LogP contribution in [-0.4, -0.2) is 33.5 Å². The Kier molecular flexibility index (Phi) is 2.84. The topological polar surface area (TPSA) is 66.3 Å². The van der Waals surface area contributed by atoms with Crippen molar-refractivity contribution in [1.82, 2.24) is 9.36 Å². The van der Waals surface area contributed by atoms with Crippen molar-refractivity contribution in [3.05, 3.63) is 5.82 Å². The standard InChI is InChI=1S/C10H15N3O2S/c1-3-10(8(14)15)4-5-13(6-10)9-11-7(2)12-16-9/h3-6H2,1-2H3,(H,14,15). The zero-order valence-corrected chi connectivity index (χ0v) is 10.3. The summed E-state index contributed by atoms with van der Waals surface area (Å²) in [5.41, 5.74) is -0.598. The van der Waals surface area contributed by atoms with E-state index in [1.54, 1.807) is 0 Å². The molecular weight excluding hydrogens is 226 g/mol. The van der Waals surface area contributed by atoms with Crippen molar-refractivity contribution < 1.29 is 9.90 Å². The lowest BCUT2D eigenvalue weighted by Gasteiger charge is -2.22. The molecule has 88 valence electrons. The molecule has 0 aliphatic carbocycles. The van der Waals surface area contributed by atoms with Crippen molar-refractivity contribution in [2.45, 2.75) is 26.7 Å². The first-order chi connectivity index (χ1) is 7.57. The predicted molar refractivity (Wildman–Crippen MR) is 61.8 cm³/mol. The number of rotatable bonds is 3. The van der Waals surface area contributed by atoms with Crippen LogP contribution in [-0.2, 0) is 4.79 Å². The zero-order valence-electron chi connectivity index (χ0n) is 9.43. The Morgan fingerprint density at radius 2 is 2.44 bits per heavy atom. The molecule has 2 heterocycles. The molecule has 1 unspecified atom stereocenters. The maximum Gasteiger partial charge on any atom is 0.311 e. The molecular formula is C10H15N3O2S. The molecule has 0 amide bonds. The summed E-state index contributed by atoms with van der Waals surface area (Å²) in [6.45, 7) is 5.09. The van der Waals surface area contributed by atoms with E-state index < -0.39 is 11.4 Å². The van der Waals surface area contributed by atoms with Crippen molar-refractivity contribution in [2.24, 2.45) is 5.41 Å². The molecule has 0 radical (unpaired) electrons. The van der Waals surface area contributed by atoms with Crippen molar-refractivity contribution in [3.8, 4) is 0 Å². The molecule has 1 aromatic rings. The first kappa shape index (κ1) is 11.3. The van der Waals surface area contributed by atoms with Gasteiger partial charge in [0.2, 0.25) is 5.13 Å². The first-order valence-corrected chi connectivity index (χ1v) is 6.13. The van der Waals surface area contributed by atoms with Crippen LogP contribution in [0.25, 0.3) is 0 Å². The van der Waals surface area contributed by atoms with Gasteiger partial charge in [0, 0.05) is 24.6 Å². The molecule has 2 rings (SSSR count). The van der Waals surface area contributed by atoms with Gasteiger partial charge in [-0.1, -0.05) is 6.92 Å². The number of nitrogens with zero attached hydrogens (tertiary/aromatic N) is 3. The zero-order chi connectivity index (χ0) is 11.8. The lowest BCUT2D eigenvalue weighted by molar-refractivity contribution is -0.147. The average molecular weight is 241 g/mol. The quantitative estimate of drug-likeness (QED) is 0.869. The van der Waals surface area contributed by atoms with E-state index in [1.807, 2.05) is 18.7 Å². The van der Waals surface area contributed by atoms with Crippen molar-refractivity contribution >= 4 is 22.6 Å². The monoisotopic (exact) mass is 241 g/mol.